The zero-order valence-corrected chi connectivity index (χ0v) is 15.6. The SMILES string of the molecule is COc1ccc(CNC(=O)C2NNC3c4ccc(OC)cc4CCC23)cc1. The highest BCUT2D eigenvalue weighted by Gasteiger charge is 2.43. The average Bonchev–Trinajstić information content (AvgIpc) is 3.16. The van der Waals surface area contributed by atoms with Gasteiger partial charge in [-0.1, -0.05) is 18.2 Å². The normalized spacial score (nSPS) is 23.3. The summed E-state index contributed by atoms with van der Waals surface area (Å²) in [7, 11) is 3.33. The van der Waals surface area contributed by atoms with Crippen LogP contribution in [0.15, 0.2) is 42.5 Å². The number of nitrogens with one attached hydrogen (secondary N) is 3. The number of rotatable bonds is 5. The van der Waals surface area contributed by atoms with Crippen LogP contribution in [0.3, 0.4) is 0 Å². The summed E-state index contributed by atoms with van der Waals surface area (Å²) in [5.41, 5.74) is 10.1. The number of amides is 1. The largest absolute Gasteiger partial charge is 0.497 e. The average molecular weight is 367 g/mol. The van der Waals surface area contributed by atoms with Gasteiger partial charge in [-0.3, -0.25) is 4.79 Å². The maximum absolute atomic E-state index is 12.8. The Kier molecular flexibility index (Phi) is 5.01. The number of methoxy groups -OCH3 is 2. The lowest BCUT2D eigenvalue weighted by Gasteiger charge is -2.29. The van der Waals surface area contributed by atoms with Crippen molar-refractivity contribution in [3.8, 4) is 11.5 Å². The fraction of sp³-hybridized carbons (Fsp3) is 0.381. The van der Waals surface area contributed by atoms with E-state index in [0.29, 0.717) is 6.54 Å². The van der Waals surface area contributed by atoms with E-state index >= 15 is 0 Å². The lowest BCUT2D eigenvalue weighted by molar-refractivity contribution is -0.124. The molecule has 1 fully saturated rings. The van der Waals surface area contributed by atoms with Crippen molar-refractivity contribution < 1.29 is 14.3 Å². The highest BCUT2D eigenvalue weighted by atomic mass is 16.5. The Morgan fingerprint density at radius 1 is 1.07 bits per heavy atom. The quantitative estimate of drug-likeness (QED) is 0.755. The molecule has 1 amide bonds. The van der Waals surface area contributed by atoms with Gasteiger partial charge in [0.1, 0.15) is 17.5 Å². The molecule has 0 saturated carbocycles. The first-order valence-electron chi connectivity index (χ1n) is 9.28. The molecule has 0 bridgehead atoms. The summed E-state index contributed by atoms with van der Waals surface area (Å²) in [4.78, 5) is 12.8. The van der Waals surface area contributed by atoms with Gasteiger partial charge in [0.15, 0.2) is 0 Å². The van der Waals surface area contributed by atoms with Crippen LogP contribution >= 0.6 is 0 Å². The Balaban J connectivity index is 1.41. The molecule has 27 heavy (non-hydrogen) atoms. The summed E-state index contributed by atoms with van der Waals surface area (Å²) in [6, 6.07) is 13.8. The molecule has 3 atom stereocenters. The van der Waals surface area contributed by atoms with Crippen LogP contribution in [0.25, 0.3) is 0 Å². The molecule has 1 heterocycles. The molecule has 3 unspecified atom stereocenters. The van der Waals surface area contributed by atoms with Gasteiger partial charge in [0, 0.05) is 12.5 Å². The zero-order chi connectivity index (χ0) is 18.8. The van der Waals surface area contributed by atoms with E-state index in [1.54, 1.807) is 14.2 Å². The van der Waals surface area contributed by atoms with Crippen molar-refractivity contribution in [3.05, 3.63) is 59.2 Å². The molecule has 6 heteroatoms. The first kappa shape index (κ1) is 17.8. The summed E-state index contributed by atoms with van der Waals surface area (Å²) in [6.07, 6.45) is 1.92. The molecule has 0 spiro atoms. The second-order valence-corrected chi connectivity index (χ2v) is 7.08. The molecule has 142 valence electrons. The maximum atomic E-state index is 12.8. The Labute approximate surface area is 159 Å². The second-order valence-electron chi connectivity index (χ2n) is 7.08. The topological polar surface area (TPSA) is 71.6 Å². The molecule has 2 aromatic rings. The molecule has 1 aliphatic heterocycles. The van der Waals surface area contributed by atoms with E-state index in [2.05, 4.69) is 28.3 Å². The molecule has 3 N–H and O–H groups in total. The Bertz CT molecular complexity index is 822. The fourth-order valence-electron chi connectivity index (χ4n) is 4.08. The van der Waals surface area contributed by atoms with E-state index < -0.39 is 0 Å². The van der Waals surface area contributed by atoms with Crippen LogP contribution in [0.2, 0.25) is 0 Å². The third kappa shape index (κ3) is 3.50. The Morgan fingerprint density at radius 2 is 1.81 bits per heavy atom. The Hall–Kier alpha value is -2.57. The fourth-order valence-corrected chi connectivity index (χ4v) is 4.08. The van der Waals surface area contributed by atoms with Crippen molar-refractivity contribution >= 4 is 5.91 Å². The van der Waals surface area contributed by atoms with Crippen LogP contribution in [0.5, 0.6) is 11.5 Å². The van der Waals surface area contributed by atoms with Gasteiger partial charge in [-0.25, -0.2) is 10.9 Å². The van der Waals surface area contributed by atoms with Gasteiger partial charge in [-0.15, -0.1) is 0 Å². The van der Waals surface area contributed by atoms with E-state index in [0.717, 1.165) is 29.9 Å². The van der Waals surface area contributed by atoms with Gasteiger partial charge in [-0.05, 0) is 53.8 Å². The predicted octanol–water partition coefficient (Wildman–Crippen LogP) is 2.10. The summed E-state index contributed by atoms with van der Waals surface area (Å²) in [5.74, 6) is 1.96. The molecular weight excluding hydrogens is 342 g/mol. The third-order valence-corrected chi connectivity index (χ3v) is 5.59. The highest BCUT2D eigenvalue weighted by Crippen LogP contribution is 2.40. The third-order valence-electron chi connectivity index (χ3n) is 5.59. The summed E-state index contributed by atoms with van der Waals surface area (Å²) >= 11 is 0. The molecule has 2 aliphatic rings. The van der Waals surface area contributed by atoms with Gasteiger partial charge in [-0.2, -0.15) is 0 Å². The Morgan fingerprint density at radius 3 is 2.56 bits per heavy atom. The summed E-state index contributed by atoms with van der Waals surface area (Å²) < 4.78 is 10.5. The number of carbonyl (C=O) groups is 1. The standard InChI is InChI=1S/C21H25N3O3/c1-26-15-6-3-13(4-7-15)12-22-21(25)20-18-9-5-14-11-16(27-2)8-10-17(14)19(18)23-24-20/h3-4,6-8,10-11,18-20,23-24H,5,9,12H2,1-2H3,(H,22,25). The van der Waals surface area contributed by atoms with Crippen molar-refractivity contribution in [1.82, 2.24) is 16.2 Å². The molecule has 0 radical (unpaired) electrons. The van der Waals surface area contributed by atoms with E-state index in [9.17, 15) is 4.79 Å². The number of ether oxygens (including phenoxy) is 2. The van der Waals surface area contributed by atoms with Crippen LogP contribution in [0.1, 0.15) is 29.2 Å². The molecule has 4 rings (SSSR count). The van der Waals surface area contributed by atoms with Gasteiger partial charge < -0.3 is 14.8 Å². The molecule has 6 nitrogen and oxygen atoms in total. The molecular formula is C21H25N3O3. The first-order valence-corrected chi connectivity index (χ1v) is 9.28. The summed E-state index contributed by atoms with van der Waals surface area (Å²) in [6.45, 7) is 0.506. The minimum Gasteiger partial charge on any atom is -0.497 e. The van der Waals surface area contributed by atoms with E-state index in [-0.39, 0.29) is 23.9 Å². The number of hydrogen-bond donors (Lipinski definition) is 3. The number of hydrogen-bond acceptors (Lipinski definition) is 5. The molecule has 2 aromatic carbocycles. The van der Waals surface area contributed by atoms with Gasteiger partial charge in [0.25, 0.3) is 0 Å². The maximum Gasteiger partial charge on any atom is 0.239 e. The monoisotopic (exact) mass is 367 g/mol. The van der Waals surface area contributed by atoms with Gasteiger partial charge in [0.05, 0.1) is 20.3 Å². The lowest BCUT2D eigenvalue weighted by atomic mass is 9.77. The van der Waals surface area contributed by atoms with Crippen molar-refractivity contribution in [2.75, 3.05) is 14.2 Å². The highest BCUT2D eigenvalue weighted by molar-refractivity contribution is 5.82. The number of hydrazine groups is 1. The van der Waals surface area contributed by atoms with Crippen LogP contribution in [-0.4, -0.2) is 26.2 Å². The smallest absolute Gasteiger partial charge is 0.239 e. The van der Waals surface area contributed by atoms with E-state index in [4.69, 9.17) is 9.47 Å². The van der Waals surface area contributed by atoms with Crippen LogP contribution < -0.4 is 25.6 Å². The van der Waals surface area contributed by atoms with Crippen molar-refractivity contribution in [1.29, 1.82) is 0 Å². The number of fused-ring (bicyclic) bond motifs is 3. The van der Waals surface area contributed by atoms with Crippen molar-refractivity contribution in [2.45, 2.75) is 31.5 Å². The van der Waals surface area contributed by atoms with Crippen molar-refractivity contribution in [2.24, 2.45) is 5.92 Å². The molecule has 1 aliphatic carbocycles. The minimum absolute atomic E-state index is 0.0304. The van der Waals surface area contributed by atoms with Gasteiger partial charge >= 0.3 is 0 Å². The number of carbonyl (C=O) groups excluding carboxylic acids is 1. The second kappa shape index (κ2) is 7.58. The van der Waals surface area contributed by atoms with E-state index in [1.807, 2.05) is 30.3 Å². The predicted molar refractivity (Wildman–Crippen MR) is 102 cm³/mol. The summed E-state index contributed by atoms with van der Waals surface area (Å²) in [5, 5.41) is 3.05. The lowest BCUT2D eigenvalue weighted by Crippen LogP contribution is -2.45. The van der Waals surface area contributed by atoms with Crippen LogP contribution in [-0.2, 0) is 17.8 Å². The number of aryl methyl sites for hydroxylation is 1. The van der Waals surface area contributed by atoms with E-state index in [1.165, 1.54) is 11.1 Å². The van der Waals surface area contributed by atoms with Gasteiger partial charge in [0.2, 0.25) is 5.91 Å². The van der Waals surface area contributed by atoms with Crippen LogP contribution in [0.4, 0.5) is 0 Å². The zero-order valence-electron chi connectivity index (χ0n) is 15.6. The minimum atomic E-state index is -0.233. The molecule has 1 saturated heterocycles. The van der Waals surface area contributed by atoms with Crippen LogP contribution in [0, 0.1) is 5.92 Å². The van der Waals surface area contributed by atoms with Crippen molar-refractivity contribution in [3.63, 3.8) is 0 Å². The first-order chi connectivity index (χ1) is 13.2. The number of benzene rings is 2. The molecule has 0 aromatic heterocycles.